The molecule has 1 atom stereocenters. The van der Waals surface area contributed by atoms with Crippen LogP contribution in [0.2, 0.25) is 0 Å². The van der Waals surface area contributed by atoms with Crippen molar-refractivity contribution in [2.75, 3.05) is 0 Å². The van der Waals surface area contributed by atoms with Gasteiger partial charge in [-0.3, -0.25) is 9.78 Å². The molecule has 1 aromatic heterocycles. The minimum Gasteiger partial charge on any atom is -0.321 e. The van der Waals surface area contributed by atoms with Crippen molar-refractivity contribution in [2.45, 2.75) is 19.9 Å². The number of aryl methyl sites for hydroxylation is 1. The van der Waals surface area contributed by atoms with Gasteiger partial charge in [0.1, 0.15) is 0 Å². The number of pyridine rings is 1. The Morgan fingerprint density at radius 1 is 1.38 bits per heavy atom. The first-order valence-corrected chi connectivity index (χ1v) is 5.26. The summed E-state index contributed by atoms with van der Waals surface area (Å²) in [6.07, 6.45) is 0. The van der Waals surface area contributed by atoms with Gasteiger partial charge < -0.3 is 5.73 Å². The van der Waals surface area contributed by atoms with Gasteiger partial charge in [0.2, 0.25) is 0 Å². The molecule has 16 heavy (non-hydrogen) atoms. The van der Waals surface area contributed by atoms with Crippen LogP contribution in [0.25, 0.3) is 10.9 Å². The summed E-state index contributed by atoms with van der Waals surface area (Å²) in [4.78, 5) is 16.3. The van der Waals surface area contributed by atoms with Crippen LogP contribution in [-0.2, 0) is 0 Å². The largest absolute Gasteiger partial charge is 0.321 e. The summed E-state index contributed by atoms with van der Waals surface area (Å²) in [6, 6.07) is 8.93. The Hall–Kier alpha value is -1.74. The summed E-state index contributed by atoms with van der Waals surface area (Å²) < 4.78 is 0. The third kappa shape index (κ3) is 1.82. The van der Waals surface area contributed by atoms with E-state index in [1.54, 1.807) is 13.0 Å². The van der Waals surface area contributed by atoms with Gasteiger partial charge in [0, 0.05) is 16.6 Å². The van der Waals surface area contributed by atoms with E-state index in [1.165, 1.54) is 0 Å². The van der Waals surface area contributed by atoms with E-state index in [2.05, 4.69) is 4.98 Å². The molecule has 1 heterocycles. The lowest BCUT2D eigenvalue weighted by Gasteiger charge is -2.08. The van der Waals surface area contributed by atoms with Crippen LogP contribution in [0.5, 0.6) is 0 Å². The smallest absolute Gasteiger partial charge is 0.179 e. The summed E-state index contributed by atoms with van der Waals surface area (Å²) in [5, 5.41) is 0.871. The van der Waals surface area contributed by atoms with E-state index < -0.39 is 6.04 Å². The van der Waals surface area contributed by atoms with Gasteiger partial charge in [-0.05, 0) is 26.0 Å². The molecule has 0 spiro atoms. The molecule has 2 N–H and O–H groups in total. The fourth-order valence-electron chi connectivity index (χ4n) is 1.76. The van der Waals surface area contributed by atoms with Crippen molar-refractivity contribution in [2.24, 2.45) is 5.73 Å². The Morgan fingerprint density at radius 3 is 2.75 bits per heavy atom. The quantitative estimate of drug-likeness (QED) is 0.778. The minimum absolute atomic E-state index is 0.0401. The molecule has 0 aliphatic rings. The van der Waals surface area contributed by atoms with Crippen molar-refractivity contribution in [3.63, 3.8) is 0 Å². The zero-order chi connectivity index (χ0) is 11.7. The van der Waals surface area contributed by atoms with E-state index in [4.69, 9.17) is 5.73 Å². The highest BCUT2D eigenvalue weighted by Crippen LogP contribution is 2.19. The molecular weight excluding hydrogens is 200 g/mol. The zero-order valence-electron chi connectivity index (χ0n) is 9.40. The summed E-state index contributed by atoms with van der Waals surface area (Å²) in [5.74, 6) is -0.0401. The van der Waals surface area contributed by atoms with Crippen LogP contribution in [-0.4, -0.2) is 16.8 Å². The number of benzene rings is 1. The lowest BCUT2D eigenvalue weighted by atomic mass is 10.0. The predicted octanol–water partition coefficient (Wildman–Crippen LogP) is 2.07. The van der Waals surface area contributed by atoms with Crippen LogP contribution in [0.1, 0.15) is 23.0 Å². The van der Waals surface area contributed by atoms with Crippen molar-refractivity contribution in [1.82, 2.24) is 4.98 Å². The first kappa shape index (κ1) is 10.8. The number of carbonyl (C=O) groups is 1. The van der Waals surface area contributed by atoms with E-state index in [9.17, 15) is 4.79 Å². The molecule has 82 valence electrons. The molecule has 2 aromatic rings. The Morgan fingerprint density at radius 2 is 2.06 bits per heavy atom. The normalized spacial score (nSPS) is 12.7. The molecule has 0 aliphatic carbocycles. The maximum atomic E-state index is 12.0. The van der Waals surface area contributed by atoms with Gasteiger partial charge in [0.05, 0.1) is 11.6 Å². The fraction of sp³-hybridized carbons (Fsp3) is 0.231. The first-order chi connectivity index (χ1) is 7.59. The molecule has 0 aliphatic heterocycles. The van der Waals surface area contributed by atoms with Gasteiger partial charge in [0.15, 0.2) is 5.78 Å². The average molecular weight is 214 g/mol. The lowest BCUT2D eigenvalue weighted by Crippen LogP contribution is -2.27. The third-order valence-corrected chi connectivity index (χ3v) is 2.52. The van der Waals surface area contributed by atoms with Crippen LogP contribution >= 0.6 is 0 Å². The van der Waals surface area contributed by atoms with E-state index >= 15 is 0 Å². The van der Waals surface area contributed by atoms with Crippen molar-refractivity contribution in [1.29, 1.82) is 0 Å². The van der Waals surface area contributed by atoms with E-state index in [-0.39, 0.29) is 5.78 Å². The van der Waals surface area contributed by atoms with E-state index in [0.717, 1.165) is 16.6 Å². The number of nitrogens with zero attached hydrogens (tertiary/aromatic N) is 1. The number of hydrogen-bond donors (Lipinski definition) is 1. The topological polar surface area (TPSA) is 56.0 Å². The Balaban J connectivity index is 2.72. The zero-order valence-corrected chi connectivity index (χ0v) is 9.40. The number of Topliss-reactive ketones (excluding diaryl/α,β-unsaturated/α-hetero) is 1. The number of carbonyl (C=O) groups excluding carboxylic acids is 1. The number of ketones is 1. The second-order valence-corrected chi connectivity index (χ2v) is 3.98. The molecule has 3 heteroatoms. The fourth-order valence-corrected chi connectivity index (χ4v) is 1.76. The molecular formula is C13H14N2O. The number of hydrogen-bond acceptors (Lipinski definition) is 3. The van der Waals surface area contributed by atoms with Gasteiger partial charge in [-0.15, -0.1) is 0 Å². The molecule has 0 saturated heterocycles. The maximum Gasteiger partial charge on any atom is 0.179 e. The van der Waals surface area contributed by atoms with Crippen LogP contribution in [0, 0.1) is 6.92 Å². The van der Waals surface area contributed by atoms with Crippen molar-refractivity contribution >= 4 is 16.7 Å². The highest BCUT2D eigenvalue weighted by atomic mass is 16.1. The number of rotatable bonds is 2. The van der Waals surface area contributed by atoms with Crippen LogP contribution in [0.15, 0.2) is 30.3 Å². The van der Waals surface area contributed by atoms with Crippen LogP contribution in [0.4, 0.5) is 0 Å². The van der Waals surface area contributed by atoms with Gasteiger partial charge in [-0.25, -0.2) is 0 Å². The second kappa shape index (κ2) is 4.02. The molecule has 0 bridgehead atoms. The molecule has 0 saturated carbocycles. The minimum atomic E-state index is -0.481. The molecule has 1 unspecified atom stereocenters. The first-order valence-electron chi connectivity index (χ1n) is 5.26. The van der Waals surface area contributed by atoms with Crippen molar-refractivity contribution < 1.29 is 4.79 Å². The number of fused-ring (bicyclic) bond motifs is 1. The summed E-state index contributed by atoms with van der Waals surface area (Å²) in [7, 11) is 0. The summed E-state index contributed by atoms with van der Waals surface area (Å²) in [5.41, 5.74) is 7.98. The Kier molecular flexibility index (Phi) is 2.71. The highest BCUT2D eigenvalue weighted by molar-refractivity contribution is 6.09. The number of nitrogens with two attached hydrogens (primary N) is 1. The standard InChI is InChI=1S/C13H14N2O/c1-8-7-11(13(16)9(2)14)10-5-3-4-6-12(10)15-8/h3-7,9H,14H2,1-2H3. The third-order valence-electron chi connectivity index (χ3n) is 2.52. The van der Waals surface area contributed by atoms with Crippen molar-refractivity contribution in [3.05, 3.63) is 41.6 Å². The Bertz CT molecular complexity index is 547. The van der Waals surface area contributed by atoms with Crippen LogP contribution in [0.3, 0.4) is 0 Å². The van der Waals surface area contributed by atoms with Crippen LogP contribution < -0.4 is 5.73 Å². The van der Waals surface area contributed by atoms with E-state index in [1.807, 2.05) is 31.2 Å². The van der Waals surface area contributed by atoms with Gasteiger partial charge in [-0.1, -0.05) is 18.2 Å². The molecule has 0 amide bonds. The maximum absolute atomic E-state index is 12.0. The average Bonchev–Trinajstić information content (AvgIpc) is 2.26. The monoisotopic (exact) mass is 214 g/mol. The lowest BCUT2D eigenvalue weighted by molar-refractivity contribution is 0.0969. The molecule has 0 radical (unpaired) electrons. The Labute approximate surface area is 94.3 Å². The van der Waals surface area contributed by atoms with Gasteiger partial charge >= 0.3 is 0 Å². The van der Waals surface area contributed by atoms with Gasteiger partial charge in [-0.2, -0.15) is 0 Å². The predicted molar refractivity (Wildman–Crippen MR) is 64.5 cm³/mol. The molecule has 1 aromatic carbocycles. The number of para-hydroxylation sites is 1. The highest BCUT2D eigenvalue weighted by Gasteiger charge is 2.14. The summed E-state index contributed by atoms with van der Waals surface area (Å²) >= 11 is 0. The van der Waals surface area contributed by atoms with Gasteiger partial charge in [0.25, 0.3) is 0 Å². The van der Waals surface area contributed by atoms with E-state index in [0.29, 0.717) is 5.56 Å². The molecule has 0 fully saturated rings. The molecule has 2 rings (SSSR count). The van der Waals surface area contributed by atoms with Crippen molar-refractivity contribution in [3.8, 4) is 0 Å². The second-order valence-electron chi connectivity index (χ2n) is 3.98. The molecule has 3 nitrogen and oxygen atoms in total. The SMILES string of the molecule is Cc1cc(C(=O)C(C)N)c2ccccc2n1. The number of aromatic nitrogens is 1. The summed E-state index contributed by atoms with van der Waals surface area (Å²) in [6.45, 7) is 3.58.